The fraction of sp³-hybridized carbons (Fsp3) is 0.333. The van der Waals surface area contributed by atoms with Crippen molar-refractivity contribution in [3.05, 3.63) is 28.0 Å². The third-order valence-corrected chi connectivity index (χ3v) is 4.05. The van der Waals surface area contributed by atoms with Gasteiger partial charge in [-0.1, -0.05) is 43.0 Å². The molecule has 0 aliphatic rings. The number of hydrogen-bond acceptors (Lipinski definition) is 5. The third kappa shape index (κ3) is 2.78. The number of rotatable bonds is 4. The highest BCUT2D eigenvalue weighted by Crippen LogP contribution is 2.29. The first-order valence-corrected chi connectivity index (χ1v) is 7.93. The van der Waals surface area contributed by atoms with Crippen molar-refractivity contribution in [1.82, 2.24) is 19.9 Å². The molecule has 0 saturated heterocycles. The summed E-state index contributed by atoms with van der Waals surface area (Å²) in [6.45, 7) is 2.15. The molecule has 0 spiro atoms. The predicted octanol–water partition coefficient (Wildman–Crippen LogP) is 4.19. The summed E-state index contributed by atoms with van der Waals surface area (Å²) in [5, 5.41) is 0.957. The number of nitrogens with two attached hydrogens (primary N) is 1. The maximum atomic E-state index is 6.18. The Hall–Kier alpha value is -1.72. The van der Waals surface area contributed by atoms with E-state index >= 15 is 0 Å². The lowest BCUT2D eigenvalue weighted by Crippen LogP contribution is -2.04. The number of fused-ring (bicyclic) bond motifs is 2. The molecule has 0 radical (unpaired) electrons. The molecule has 0 aliphatic carbocycles. The van der Waals surface area contributed by atoms with E-state index in [9.17, 15) is 0 Å². The largest absolute Gasteiger partial charge is 0.382 e. The topological polar surface area (TPSA) is 77.6 Å². The Balaban J connectivity index is 2.16. The molecule has 5 nitrogen and oxygen atoms in total. The van der Waals surface area contributed by atoms with Crippen LogP contribution in [0, 0.1) is 0 Å². The summed E-state index contributed by atoms with van der Waals surface area (Å²) in [5.74, 6) is 1.01. The molecule has 2 aromatic heterocycles. The molecule has 0 aliphatic heterocycles. The first-order chi connectivity index (χ1) is 10.6. The van der Waals surface area contributed by atoms with Gasteiger partial charge in [0.05, 0.1) is 10.0 Å². The van der Waals surface area contributed by atoms with Gasteiger partial charge in [-0.3, -0.25) is 0 Å². The lowest BCUT2D eigenvalue weighted by atomic mass is 10.2. The maximum absolute atomic E-state index is 6.18. The number of nitrogen functional groups attached to an aromatic ring is 1. The number of aryl methyl sites for hydroxylation is 1. The second kappa shape index (κ2) is 6.18. The van der Waals surface area contributed by atoms with Crippen molar-refractivity contribution in [1.29, 1.82) is 0 Å². The van der Waals surface area contributed by atoms with E-state index in [1.165, 1.54) is 0 Å². The van der Waals surface area contributed by atoms with Crippen LogP contribution in [0.15, 0.2) is 12.1 Å². The van der Waals surface area contributed by atoms with Gasteiger partial charge >= 0.3 is 0 Å². The number of hydrogen-bond donors (Lipinski definition) is 1. The van der Waals surface area contributed by atoms with Crippen LogP contribution in [0.4, 0.5) is 5.82 Å². The van der Waals surface area contributed by atoms with Gasteiger partial charge in [-0.25, -0.2) is 19.9 Å². The van der Waals surface area contributed by atoms with Gasteiger partial charge in [0.25, 0.3) is 0 Å². The maximum Gasteiger partial charge on any atom is 0.184 e. The number of halogens is 2. The second-order valence-corrected chi connectivity index (χ2v) is 5.92. The summed E-state index contributed by atoms with van der Waals surface area (Å²) >= 11 is 12.3. The Morgan fingerprint density at radius 2 is 1.59 bits per heavy atom. The van der Waals surface area contributed by atoms with Crippen LogP contribution in [-0.2, 0) is 6.42 Å². The van der Waals surface area contributed by atoms with Crippen LogP contribution in [0.3, 0.4) is 0 Å². The van der Waals surface area contributed by atoms with Crippen molar-refractivity contribution >= 4 is 51.2 Å². The van der Waals surface area contributed by atoms with E-state index in [2.05, 4.69) is 26.9 Å². The Kier molecular flexibility index (Phi) is 4.27. The SMILES string of the molecule is CCCCCc1nc(N)c2nc3c(Cl)ccc(Cl)c3nc2n1. The van der Waals surface area contributed by atoms with Gasteiger partial charge in [0.15, 0.2) is 17.0 Å². The molecule has 7 heteroatoms. The van der Waals surface area contributed by atoms with Crippen LogP contribution >= 0.6 is 23.2 Å². The quantitative estimate of drug-likeness (QED) is 0.571. The van der Waals surface area contributed by atoms with Crippen molar-refractivity contribution in [2.75, 3.05) is 5.73 Å². The van der Waals surface area contributed by atoms with Gasteiger partial charge in [0.2, 0.25) is 0 Å². The van der Waals surface area contributed by atoms with Crippen molar-refractivity contribution in [2.24, 2.45) is 0 Å². The van der Waals surface area contributed by atoms with E-state index in [1.54, 1.807) is 12.1 Å². The number of nitrogens with zero attached hydrogens (tertiary/aromatic N) is 4. The molecule has 0 bridgehead atoms. The fourth-order valence-electron chi connectivity index (χ4n) is 2.30. The van der Waals surface area contributed by atoms with Gasteiger partial charge in [-0.15, -0.1) is 0 Å². The standard InChI is InChI=1S/C15H15Cl2N5/c1-2-3-4-5-10-19-14(18)13-15(20-10)22-12-9(17)7-6-8(16)11(12)21-13/h6-7H,2-5H2,1H3,(H2,18,19,20,22). The number of benzene rings is 1. The zero-order valence-electron chi connectivity index (χ0n) is 12.1. The molecular weight excluding hydrogens is 321 g/mol. The van der Waals surface area contributed by atoms with Gasteiger partial charge in [-0.2, -0.15) is 0 Å². The Labute approximate surface area is 137 Å². The molecule has 22 heavy (non-hydrogen) atoms. The van der Waals surface area contributed by atoms with Gasteiger partial charge in [-0.05, 0) is 18.6 Å². The summed E-state index contributed by atoms with van der Waals surface area (Å²) in [6, 6.07) is 3.38. The Bertz CT molecular complexity index is 850. The molecule has 2 N–H and O–H groups in total. The molecule has 3 rings (SSSR count). The van der Waals surface area contributed by atoms with E-state index in [4.69, 9.17) is 28.9 Å². The Morgan fingerprint density at radius 1 is 0.909 bits per heavy atom. The minimum atomic E-state index is 0.321. The number of aromatic nitrogens is 4. The molecule has 0 unspecified atom stereocenters. The van der Waals surface area contributed by atoms with Crippen LogP contribution in [0.1, 0.15) is 32.0 Å². The van der Waals surface area contributed by atoms with Gasteiger partial charge < -0.3 is 5.73 Å². The molecule has 0 amide bonds. The molecule has 0 fully saturated rings. The first-order valence-electron chi connectivity index (χ1n) is 7.18. The molecule has 0 atom stereocenters. The van der Waals surface area contributed by atoms with E-state index in [1.807, 2.05) is 0 Å². The normalized spacial score (nSPS) is 11.4. The molecule has 0 saturated carbocycles. The predicted molar refractivity (Wildman–Crippen MR) is 90.3 cm³/mol. The Morgan fingerprint density at radius 3 is 2.27 bits per heavy atom. The first kappa shape index (κ1) is 15.2. The summed E-state index contributed by atoms with van der Waals surface area (Å²) in [6.07, 6.45) is 4.07. The number of unbranched alkanes of at least 4 members (excludes halogenated alkanes) is 2. The van der Waals surface area contributed by atoms with Crippen molar-refractivity contribution in [2.45, 2.75) is 32.6 Å². The molecule has 1 aromatic carbocycles. The minimum absolute atomic E-state index is 0.321. The summed E-state index contributed by atoms with van der Waals surface area (Å²) < 4.78 is 0. The smallest absolute Gasteiger partial charge is 0.184 e. The van der Waals surface area contributed by atoms with Crippen LogP contribution < -0.4 is 5.73 Å². The van der Waals surface area contributed by atoms with E-state index in [-0.39, 0.29) is 0 Å². The lowest BCUT2D eigenvalue weighted by Gasteiger charge is -2.07. The molecule has 114 valence electrons. The van der Waals surface area contributed by atoms with Crippen molar-refractivity contribution in [3.63, 3.8) is 0 Å². The van der Waals surface area contributed by atoms with Crippen molar-refractivity contribution < 1.29 is 0 Å². The van der Waals surface area contributed by atoms with Crippen LogP contribution in [-0.4, -0.2) is 19.9 Å². The average Bonchev–Trinajstić information content (AvgIpc) is 2.50. The van der Waals surface area contributed by atoms with Crippen LogP contribution in [0.25, 0.3) is 22.2 Å². The van der Waals surface area contributed by atoms with E-state index in [0.29, 0.717) is 43.9 Å². The van der Waals surface area contributed by atoms with Gasteiger partial charge in [0.1, 0.15) is 16.9 Å². The monoisotopic (exact) mass is 335 g/mol. The zero-order valence-corrected chi connectivity index (χ0v) is 13.6. The molecule has 3 aromatic rings. The second-order valence-electron chi connectivity index (χ2n) is 5.10. The molecule has 2 heterocycles. The lowest BCUT2D eigenvalue weighted by molar-refractivity contribution is 0.696. The molecular formula is C15H15Cl2N5. The highest BCUT2D eigenvalue weighted by Gasteiger charge is 2.13. The highest BCUT2D eigenvalue weighted by atomic mass is 35.5. The van der Waals surface area contributed by atoms with Crippen molar-refractivity contribution in [3.8, 4) is 0 Å². The fourth-order valence-corrected chi connectivity index (χ4v) is 2.69. The number of anilines is 1. The summed E-state index contributed by atoms with van der Waals surface area (Å²) in [4.78, 5) is 17.7. The summed E-state index contributed by atoms with van der Waals surface area (Å²) in [7, 11) is 0. The van der Waals surface area contributed by atoms with Gasteiger partial charge in [0, 0.05) is 6.42 Å². The highest BCUT2D eigenvalue weighted by molar-refractivity contribution is 6.39. The van der Waals surface area contributed by atoms with E-state index in [0.717, 1.165) is 25.7 Å². The summed E-state index contributed by atoms with van der Waals surface area (Å²) in [5.41, 5.74) is 7.96. The van der Waals surface area contributed by atoms with Crippen LogP contribution in [0.2, 0.25) is 10.0 Å². The van der Waals surface area contributed by atoms with Crippen LogP contribution in [0.5, 0.6) is 0 Å². The average molecular weight is 336 g/mol. The zero-order chi connectivity index (χ0) is 15.7. The minimum Gasteiger partial charge on any atom is -0.382 e. The third-order valence-electron chi connectivity index (χ3n) is 3.44. The van der Waals surface area contributed by atoms with E-state index < -0.39 is 0 Å².